The van der Waals surface area contributed by atoms with Crippen molar-refractivity contribution in [3.8, 4) is 23.9 Å². The van der Waals surface area contributed by atoms with Crippen LogP contribution in [0, 0.1) is 22.7 Å². The molecule has 14 heteroatoms. The van der Waals surface area contributed by atoms with Gasteiger partial charge in [0.1, 0.15) is 36.0 Å². The molecular weight excluding hydrogens is 560 g/mol. The molecular formula is C30H34N12O2. The summed E-state index contributed by atoms with van der Waals surface area (Å²) in [5.74, 6) is 2.77. The van der Waals surface area contributed by atoms with Gasteiger partial charge in [-0.1, -0.05) is 12.1 Å². The Morgan fingerprint density at radius 3 is 1.93 bits per heavy atom. The zero-order valence-electron chi connectivity index (χ0n) is 25.0. The van der Waals surface area contributed by atoms with Crippen molar-refractivity contribution in [3.63, 3.8) is 0 Å². The van der Waals surface area contributed by atoms with Crippen molar-refractivity contribution >= 4 is 23.3 Å². The predicted molar refractivity (Wildman–Crippen MR) is 164 cm³/mol. The van der Waals surface area contributed by atoms with Gasteiger partial charge in [0.05, 0.1) is 12.4 Å². The van der Waals surface area contributed by atoms with Crippen LogP contribution in [0.4, 0.5) is 23.3 Å². The molecule has 0 radical (unpaired) electrons. The number of rotatable bonds is 10. The van der Waals surface area contributed by atoms with Crippen molar-refractivity contribution in [2.24, 2.45) is 0 Å². The normalized spacial score (nSPS) is 14.8. The Kier molecular flexibility index (Phi) is 11.2. The molecule has 2 atom stereocenters. The molecule has 0 aromatic carbocycles. The van der Waals surface area contributed by atoms with Crippen LogP contribution >= 0.6 is 0 Å². The molecule has 5 rings (SSSR count). The Morgan fingerprint density at radius 2 is 1.45 bits per heavy atom. The second-order valence-corrected chi connectivity index (χ2v) is 10.2. The van der Waals surface area contributed by atoms with Gasteiger partial charge in [0.15, 0.2) is 11.6 Å². The summed E-state index contributed by atoms with van der Waals surface area (Å²) >= 11 is 0. The standard InChI is InChI=1S/C15H16N6O.C15H18N6O/c1-21-7-5-11(10-21)22-15-12(8-16)18-9-14(20-15)19-13-4-2-3-6-17-13;1-11(10-21(2)3)22-15-12(8-16)18-9-14(20-15)19-13-6-4-5-7-17-13/h2-4,6,9,11H,5,7,10H2,1H3,(H,17,19,20);4-7,9,11H,10H2,1-3H3,(H,17,19,20). The molecule has 0 bridgehead atoms. The number of hydrogen-bond acceptors (Lipinski definition) is 14. The third-order valence-electron chi connectivity index (χ3n) is 6.10. The molecule has 0 spiro atoms. The molecule has 1 aliphatic heterocycles. The minimum Gasteiger partial charge on any atom is -0.471 e. The third-order valence-corrected chi connectivity index (χ3v) is 6.10. The highest BCUT2D eigenvalue weighted by Crippen LogP contribution is 2.22. The number of likely N-dealkylation sites (N-methyl/N-ethyl adjacent to an activating group) is 2. The van der Waals surface area contributed by atoms with E-state index in [4.69, 9.17) is 20.0 Å². The number of pyridine rings is 2. The van der Waals surface area contributed by atoms with E-state index >= 15 is 0 Å². The van der Waals surface area contributed by atoms with E-state index in [2.05, 4.69) is 45.4 Å². The van der Waals surface area contributed by atoms with E-state index in [1.54, 1.807) is 12.4 Å². The second kappa shape index (κ2) is 15.7. The van der Waals surface area contributed by atoms with Crippen LogP contribution in [-0.4, -0.2) is 92.7 Å². The van der Waals surface area contributed by atoms with Gasteiger partial charge >= 0.3 is 0 Å². The molecule has 1 fully saturated rings. The van der Waals surface area contributed by atoms with Gasteiger partial charge in [-0.3, -0.25) is 0 Å². The summed E-state index contributed by atoms with van der Waals surface area (Å²) in [6.45, 7) is 4.43. The van der Waals surface area contributed by atoms with Crippen molar-refractivity contribution in [3.05, 3.63) is 72.6 Å². The lowest BCUT2D eigenvalue weighted by Crippen LogP contribution is -2.28. The maximum atomic E-state index is 9.15. The highest BCUT2D eigenvalue weighted by molar-refractivity contribution is 5.53. The maximum Gasteiger partial charge on any atom is 0.253 e. The highest BCUT2D eigenvalue weighted by Gasteiger charge is 2.23. The first kappa shape index (κ1) is 31.5. The van der Waals surface area contributed by atoms with Gasteiger partial charge < -0.3 is 29.9 Å². The van der Waals surface area contributed by atoms with Gasteiger partial charge in [0.25, 0.3) is 11.8 Å². The molecule has 5 heterocycles. The first-order valence-corrected chi connectivity index (χ1v) is 13.9. The average molecular weight is 595 g/mol. The first-order chi connectivity index (χ1) is 21.3. The molecule has 0 amide bonds. The zero-order chi connectivity index (χ0) is 31.3. The van der Waals surface area contributed by atoms with Gasteiger partial charge in [0, 0.05) is 32.0 Å². The summed E-state index contributed by atoms with van der Waals surface area (Å²) in [5, 5.41) is 24.3. The lowest BCUT2D eigenvalue weighted by atomic mass is 10.3. The van der Waals surface area contributed by atoms with Gasteiger partial charge in [-0.05, 0) is 58.8 Å². The summed E-state index contributed by atoms with van der Waals surface area (Å²) in [7, 11) is 5.95. The van der Waals surface area contributed by atoms with Crippen molar-refractivity contribution < 1.29 is 9.47 Å². The maximum absolute atomic E-state index is 9.15. The van der Waals surface area contributed by atoms with E-state index in [-0.39, 0.29) is 35.4 Å². The van der Waals surface area contributed by atoms with E-state index in [1.807, 2.05) is 81.5 Å². The molecule has 1 saturated heterocycles. The van der Waals surface area contributed by atoms with Crippen LogP contribution in [0.2, 0.25) is 0 Å². The summed E-state index contributed by atoms with van der Waals surface area (Å²) in [4.78, 5) is 29.3. The van der Waals surface area contributed by atoms with Gasteiger partial charge in [-0.2, -0.15) is 20.5 Å². The van der Waals surface area contributed by atoms with E-state index in [1.165, 1.54) is 12.4 Å². The van der Waals surface area contributed by atoms with E-state index in [0.29, 0.717) is 29.8 Å². The fraction of sp³-hybridized carbons (Fsp3) is 0.333. The van der Waals surface area contributed by atoms with Crippen molar-refractivity contribution in [1.82, 2.24) is 39.7 Å². The largest absolute Gasteiger partial charge is 0.471 e. The van der Waals surface area contributed by atoms with Crippen LogP contribution in [0.25, 0.3) is 0 Å². The summed E-state index contributed by atoms with van der Waals surface area (Å²) in [5.41, 5.74) is 0.360. The van der Waals surface area contributed by atoms with Crippen LogP contribution in [0.3, 0.4) is 0 Å². The number of aromatic nitrogens is 6. The summed E-state index contributed by atoms with van der Waals surface area (Å²) in [6.07, 6.45) is 7.19. The quantitative estimate of drug-likeness (QED) is 0.273. The lowest BCUT2D eigenvalue weighted by molar-refractivity contribution is 0.169. The zero-order valence-corrected chi connectivity index (χ0v) is 25.0. The molecule has 0 saturated carbocycles. The minimum atomic E-state index is -0.110. The monoisotopic (exact) mass is 594 g/mol. The number of ether oxygens (including phenoxy) is 2. The van der Waals surface area contributed by atoms with Crippen molar-refractivity contribution in [1.29, 1.82) is 10.5 Å². The van der Waals surface area contributed by atoms with Crippen molar-refractivity contribution in [2.45, 2.75) is 25.6 Å². The summed E-state index contributed by atoms with van der Waals surface area (Å²) < 4.78 is 11.6. The Hall–Kier alpha value is -5.44. The van der Waals surface area contributed by atoms with Gasteiger partial charge in [-0.15, -0.1) is 0 Å². The molecule has 1 aliphatic rings. The minimum absolute atomic E-state index is 0.0384. The van der Waals surface area contributed by atoms with Crippen LogP contribution in [-0.2, 0) is 0 Å². The average Bonchev–Trinajstić information content (AvgIpc) is 3.42. The molecule has 2 N–H and O–H groups in total. The number of likely N-dealkylation sites (tertiary alicyclic amines) is 1. The van der Waals surface area contributed by atoms with Crippen LogP contribution in [0.1, 0.15) is 24.7 Å². The predicted octanol–water partition coefficient (Wildman–Crippen LogP) is 3.39. The SMILES string of the molecule is CC(CN(C)C)Oc1nc(Nc2ccccn2)cnc1C#N.CN1CCC(Oc2nc(Nc3ccccn3)cnc2C#N)C1. The Balaban J connectivity index is 0.000000201. The number of hydrogen-bond donors (Lipinski definition) is 2. The molecule has 4 aromatic heterocycles. The number of anilines is 4. The van der Waals surface area contributed by atoms with E-state index < -0.39 is 0 Å². The van der Waals surface area contributed by atoms with Gasteiger partial charge in [0.2, 0.25) is 11.4 Å². The lowest BCUT2D eigenvalue weighted by Gasteiger charge is -2.18. The van der Waals surface area contributed by atoms with Crippen LogP contribution in [0.15, 0.2) is 61.2 Å². The van der Waals surface area contributed by atoms with Gasteiger partial charge in [-0.25, -0.2) is 19.9 Å². The number of nitrogens with one attached hydrogen (secondary N) is 2. The molecule has 14 nitrogen and oxygen atoms in total. The molecule has 4 aromatic rings. The molecule has 44 heavy (non-hydrogen) atoms. The molecule has 2 unspecified atom stereocenters. The first-order valence-electron chi connectivity index (χ1n) is 13.9. The smallest absolute Gasteiger partial charge is 0.253 e. The fourth-order valence-electron chi connectivity index (χ4n) is 4.21. The number of nitrogens with zero attached hydrogens (tertiary/aromatic N) is 10. The highest BCUT2D eigenvalue weighted by atomic mass is 16.5. The Labute approximate surface area is 256 Å². The molecule has 226 valence electrons. The topological polar surface area (TPSA) is 174 Å². The summed E-state index contributed by atoms with van der Waals surface area (Å²) in [6, 6.07) is 15.0. The Morgan fingerprint density at radius 1 is 0.886 bits per heavy atom. The van der Waals surface area contributed by atoms with Crippen LogP contribution in [0.5, 0.6) is 11.8 Å². The van der Waals surface area contributed by atoms with E-state index in [9.17, 15) is 0 Å². The number of nitriles is 2. The van der Waals surface area contributed by atoms with Crippen LogP contribution < -0.4 is 20.1 Å². The third kappa shape index (κ3) is 9.55. The van der Waals surface area contributed by atoms with E-state index in [0.717, 1.165) is 19.5 Å². The fourth-order valence-corrected chi connectivity index (χ4v) is 4.21. The Bertz CT molecular complexity index is 1570. The second-order valence-electron chi connectivity index (χ2n) is 10.2. The molecule has 0 aliphatic carbocycles. The van der Waals surface area contributed by atoms with Crippen molar-refractivity contribution in [2.75, 3.05) is 51.4 Å².